The highest BCUT2D eigenvalue weighted by Crippen LogP contribution is 2.14. The van der Waals surface area contributed by atoms with E-state index < -0.39 is 0 Å². The topological polar surface area (TPSA) is 26.0 Å². The fourth-order valence-electron chi connectivity index (χ4n) is 1.30. The van der Waals surface area contributed by atoms with Crippen molar-refractivity contribution in [2.75, 3.05) is 5.75 Å². The van der Waals surface area contributed by atoms with Crippen LogP contribution >= 0.6 is 27.7 Å². The van der Waals surface area contributed by atoms with Gasteiger partial charge in [0.25, 0.3) is 0 Å². The van der Waals surface area contributed by atoms with Gasteiger partial charge in [-0.2, -0.15) is 11.8 Å². The molecule has 84 valence electrons. The van der Waals surface area contributed by atoms with Crippen molar-refractivity contribution in [2.45, 2.75) is 31.6 Å². The maximum atomic E-state index is 6.06. The molecule has 1 aromatic carbocycles. The Kier molecular flexibility index (Phi) is 5.72. The van der Waals surface area contributed by atoms with E-state index in [9.17, 15) is 0 Å². The SMILES string of the molecule is CC(C)SCC(N)Cc1ccc(Br)cc1. The average molecular weight is 288 g/mol. The lowest BCUT2D eigenvalue weighted by Crippen LogP contribution is -2.26. The molecule has 1 unspecified atom stereocenters. The van der Waals surface area contributed by atoms with Gasteiger partial charge in [-0.3, -0.25) is 0 Å². The molecular formula is C12H18BrNS. The van der Waals surface area contributed by atoms with Gasteiger partial charge in [0.2, 0.25) is 0 Å². The van der Waals surface area contributed by atoms with Crippen LogP contribution in [0.15, 0.2) is 28.7 Å². The number of rotatable bonds is 5. The molecule has 0 saturated heterocycles. The predicted octanol–water partition coefficient (Wildman–Crippen LogP) is 3.46. The van der Waals surface area contributed by atoms with Crippen LogP contribution < -0.4 is 5.73 Å². The van der Waals surface area contributed by atoms with Crippen molar-refractivity contribution >= 4 is 27.7 Å². The molecule has 2 N–H and O–H groups in total. The van der Waals surface area contributed by atoms with E-state index in [1.165, 1.54) is 5.56 Å². The van der Waals surface area contributed by atoms with Gasteiger partial charge < -0.3 is 5.73 Å². The average Bonchev–Trinajstić information content (AvgIpc) is 2.19. The van der Waals surface area contributed by atoms with E-state index in [4.69, 9.17) is 5.73 Å². The molecule has 1 atom stereocenters. The number of hydrogen-bond donors (Lipinski definition) is 1. The number of benzene rings is 1. The zero-order valence-electron chi connectivity index (χ0n) is 9.24. The van der Waals surface area contributed by atoms with E-state index in [1.807, 2.05) is 11.8 Å². The van der Waals surface area contributed by atoms with Gasteiger partial charge in [-0.05, 0) is 29.4 Å². The van der Waals surface area contributed by atoms with Crippen molar-refractivity contribution in [1.82, 2.24) is 0 Å². The van der Waals surface area contributed by atoms with Crippen LogP contribution in [0.2, 0.25) is 0 Å². The van der Waals surface area contributed by atoms with Crippen LogP contribution in [0.1, 0.15) is 19.4 Å². The monoisotopic (exact) mass is 287 g/mol. The Hall–Kier alpha value is 0.01000. The smallest absolute Gasteiger partial charge is 0.0175 e. The second-order valence-electron chi connectivity index (χ2n) is 3.97. The highest BCUT2D eigenvalue weighted by atomic mass is 79.9. The number of hydrogen-bond acceptors (Lipinski definition) is 2. The summed E-state index contributed by atoms with van der Waals surface area (Å²) in [5.74, 6) is 1.04. The molecule has 0 bridgehead atoms. The van der Waals surface area contributed by atoms with Gasteiger partial charge in [0.1, 0.15) is 0 Å². The molecule has 1 nitrogen and oxygen atoms in total. The lowest BCUT2D eigenvalue weighted by atomic mass is 10.1. The van der Waals surface area contributed by atoms with Crippen molar-refractivity contribution in [3.8, 4) is 0 Å². The van der Waals surface area contributed by atoms with Gasteiger partial charge in [0, 0.05) is 16.3 Å². The van der Waals surface area contributed by atoms with Crippen LogP contribution in [0.5, 0.6) is 0 Å². The Morgan fingerprint density at radius 3 is 2.40 bits per heavy atom. The maximum absolute atomic E-state index is 6.06. The summed E-state index contributed by atoms with van der Waals surface area (Å²) in [6.45, 7) is 4.41. The standard InChI is InChI=1S/C12H18BrNS/c1-9(2)15-8-12(14)7-10-3-5-11(13)6-4-10/h3-6,9,12H,7-8,14H2,1-2H3. The van der Waals surface area contributed by atoms with Crippen LogP contribution in [-0.4, -0.2) is 17.0 Å². The highest BCUT2D eigenvalue weighted by Gasteiger charge is 2.05. The number of nitrogens with two attached hydrogens (primary N) is 1. The van der Waals surface area contributed by atoms with Crippen molar-refractivity contribution in [2.24, 2.45) is 5.73 Å². The molecule has 0 heterocycles. The lowest BCUT2D eigenvalue weighted by Gasteiger charge is -2.12. The normalized spacial score (nSPS) is 13.1. The third-order valence-electron chi connectivity index (χ3n) is 2.05. The quantitative estimate of drug-likeness (QED) is 0.898. The molecule has 3 heteroatoms. The Balaban J connectivity index is 2.37. The second-order valence-corrected chi connectivity index (χ2v) is 6.50. The van der Waals surface area contributed by atoms with Crippen LogP contribution in [0, 0.1) is 0 Å². The van der Waals surface area contributed by atoms with Crippen molar-refractivity contribution < 1.29 is 0 Å². The molecule has 0 aliphatic carbocycles. The van der Waals surface area contributed by atoms with E-state index in [1.54, 1.807) is 0 Å². The van der Waals surface area contributed by atoms with E-state index in [0.717, 1.165) is 16.6 Å². The largest absolute Gasteiger partial charge is 0.327 e. The van der Waals surface area contributed by atoms with Crippen LogP contribution in [0.4, 0.5) is 0 Å². The molecule has 0 aliphatic rings. The van der Waals surface area contributed by atoms with Crippen LogP contribution in [0.3, 0.4) is 0 Å². The first-order valence-electron chi connectivity index (χ1n) is 5.19. The molecule has 0 aromatic heterocycles. The summed E-state index contributed by atoms with van der Waals surface area (Å²) >= 11 is 5.35. The van der Waals surface area contributed by atoms with E-state index in [0.29, 0.717) is 5.25 Å². The third kappa shape index (κ3) is 5.59. The Bertz CT molecular complexity index is 284. The Morgan fingerprint density at radius 2 is 1.87 bits per heavy atom. The molecule has 0 fully saturated rings. The number of halogens is 1. The minimum atomic E-state index is 0.263. The predicted molar refractivity (Wildman–Crippen MR) is 73.4 cm³/mol. The molecule has 1 rings (SSSR count). The summed E-state index contributed by atoms with van der Waals surface area (Å²) in [7, 11) is 0. The molecule has 15 heavy (non-hydrogen) atoms. The summed E-state index contributed by atoms with van der Waals surface area (Å²) in [4.78, 5) is 0. The van der Waals surface area contributed by atoms with Crippen LogP contribution in [-0.2, 0) is 6.42 Å². The van der Waals surface area contributed by atoms with Gasteiger partial charge in [0.15, 0.2) is 0 Å². The van der Waals surface area contributed by atoms with Crippen molar-refractivity contribution in [3.05, 3.63) is 34.3 Å². The van der Waals surface area contributed by atoms with E-state index >= 15 is 0 Å². The molecule has 0 amide bonds. The lowest BCUT2D eigenvalue weighted by molar-refractivity contribution is 0.747. The first-order valence-corrected chi connectivity index (χ1v) is 7.03. The third-order valence-corrected chi connectivity index (χ3v) is 3.87. The zero-order valence-corrected chi connectivity index (χ0v) is 11.6. The number of thioether (sulfide) groups is 1. The maximum Gasteiger partial charge on any atom is 0.0175 e. The zero-order chi connectivity index (χ0) is 11.3. The van der Waals surface area contributed by atoms with Gasteiger partial charge in [0.05, 0.1) is 0 Å². The van der Waals surface area contributed by atoms with E-state index in [2.05, 4.69) is 54.0 Å². The first-order chi connectivity index (χ1) is 7.08. The van der Waals surface area contributed by atoms with Gasteiger partial charge in [-0.25, -0.2) is 0 Å². The van der Waals surface area contributed by atoms with Gasteiger partial charge >= 0.3 is 0 Å². The second kappa shape index (κ2) is 6.56. The fraction of sp³-hybridized carbons (Fsp3) is 0.500. The van der Waals surface area contributed by atoms with Gasteiger partial charge in [-0.1, -0.05) is 41.9 Å². The molecule has 0 radical (unpaired) electrons. The Morgan fingerprint density at radius 1 is 1.27 bits per heavy atom. The highest BCUT2D eigenvalue weighted by molar-refractivity contribution is 9.10. The Labute approximate surface area is 105 Å². The van der Waals surface area contributed by atoms with Crippen molar-refractivity contribution in [1.29, 1.82) is 0 Å². The summed E-state index contributed by atoms with van der Waals surface area (Å²) in [6, 6.07) is 8.65. The molecule has 1 aromatic rings. The molecule has 0 spiro atoms. The molecule has 0 aliphatic heterocycles. The first kappa shape index (κ1) is 13.1. The summed E-state index contributed by atoms with van der Waals surface area (Å²) in [6.07, 6.45) is 0.965. The fourth-order valence-corrected chi connectivity index (χ4v) is 2.31. The van der Waals surface area contributed by atoms with Crippen LogP contribution in [0.25, 0.3) is 0 Å². The summed E-state index contributed by atoms with van der Waals surface area (Å²) in [5, 5.41) is 0.668. The summed E-state index contributed by atoms with van der Waals surface area (Å²) < 4.78 is 1.12. The van der Waals surface area contributed by atoms with E-state index in [-0.39, 0.29) is 6.04 Å². The van der Waals surface area contributed by atoms with Gasteiger partial charge in [-0.15, -0.1) is 0 Å². The minimum Gasteiger partial charge on any atom is -0.327 e. The molecule has 0 saturated carbocycles. The summed E-state index contributed by atoms with van der Waals surface area (Å²) in [5.41, 5.74) is 7.37. The minimum absolute atomic E-state index is 0.263. The van der Waals surface area contributed by atoms with Crippen molar-refractivity contribution in [3.63, 3.8) is 0 Å². The molecular weight excluding hydrogens is 270 g/mol.